The summed E-state index contributed by atoms with van der Waals surface area (Å²) in [5, 5.41) is 23.0. The molecular weight excluding hydrogens is 382 g/mol. The van der Waals surface area contributed by atoms with E-state index in [4.69, 9.17) is 4.74 Å². The number of ether oxygens (including phenoxy) is 1. The number of carbonyl (C=O) groups is 1. The fourth-order valence-corrected chi connectivity index (χ4v) is 3.92. The first-order valence-electron chi connectivity index (χ1n) is 10.7. The number of nitrogens with one attached hydrogen (secondary N) is 1. The van der Waals surface area contributed by atoms with Gasteiger partial charge in [0.2, 0.25) is 5.88 Å². The van der Waals surface area contributed by atoms with E-state index in [9.17, 15) is 15.0 Å². The van der Waals surface area contributed by atoms with Crippen LogP contribution in [-0.2, 0) is 17.6 Å². The predicted octanol–water partition coefficient (Wildman–Crippen LogP) is 3.57. The number of fused-ring (bicyclic) bond motifs is 1. The molecule has 0 amide bonds. The lowest BCUT2D eigenvalue weighted by atomic mass is 9.90. The van der Waals surface area contributed by atoms with Crippen LogP contribution in [0.2, 0.25) is 0 Å². The number of hydrogen-bond donors (Lipinski definition) is 3. The van der Waals surface area contributed by atoms with Crippen LogP contribution in [0.1, 0.15) is 61.3 Å². The van der Waals surface area contributed by atoms with Crippen molar-refractivity contribution in [2.45, 2.75) is 63.4 Å². The summed E-state index contributed by atoms with van der Waals surface area (Å²) in [5.74, 6) is 0.539. The zero-order valence-electron chi connectivity index (χ0n) is 17.5. The van der Waals surface area contributed by atoms with E-state index in [1.54, 1.807) is 19.4 Å². The molecule has 1 aliphatic rings. The molecule has 3 rings (SSSR count). The van der Waals surface area contributed by atoms with Crippen molar-refractivity contribution in [2.75, 3.05) is 19.0 Å². The zero-order valence-corrected chi connectivity index (χ0v) is 17.5. The van der Waals surface area contributed by atoms with Crippen LogP contribution >= 0.6 is 0 Å². The van der Waals surface area contributed by atoms with Crippen molar-refractivity contribution in [1.82, 2.24) is 9.97 Å². The van der Waals surface area contributed by atoms with E-state index < -0.39 is 12.1 Å². The fourth-order valence-electron chi connectivity index (χ4n) is 3.92. The van der Waals surface area contributed by atoms with Crippen molar-refractivity contribution < 1.29 is 19.7 Å². The van der Waals surface area contributed by atoms with Gasteiger partial charge in [-0.15, -0.1) is 0 Å². The third-order valence-corrected chi connectivity index (χ3v) is 5.64. The Morgan fingerprint density at radius 1 is 1.23 bits per heavy atom. The average Bonchev–Trinajstić information content (AvgIpc) is 2.76. The molecule has 1 aliphatic heterocycles. The summed E-state index contributed by atoms with van der Waals surface area (Å²) in [6.07, 6.45) is 6.99. The van der Waals surface area contributed by atoms with Gasteiger partial charge in [0.25, 0.3) is 0 Å². The maximum atomic E-state index is 11.3. The van der Waals surface area contributed by atoms with Crippen LogP contribution in [0, 0.1) is 0 Å². The predicted molar refractivity (Wildman–Crippen MR) is 115 cm³/mol. The number of aromatic nitrogens is 2. The van der Waals surface area contributed by atoms with Crippen LogP contribution in [0.5, 0.6) is 5.88 Å². The number of methoxy groups -OCH3 is 1. The molecule has 0 unspecified atom stereocenters. The lowest BCUT2D eigenvalue weighted by Gasteiger charge is -2.18. The monoisotopic (exact) mass is 413 g/mol. The third kappa shape index (κ3) is 6.42. The highest BCUT2D eigenvalue weighted by atomic mass is 16.5. The second-order valence-electron chi connectivity index (χ2n) is 7.89. The Labute approximate surface area is 177 Å². The number of pyridine rings is 2. The minimum absolute atomic E-state index is 0.0517. The van der Waals surface area contributed by atoms with Crippen molar-refractivity contribution in [1.29, 1.82) is 0 Å². The molecule has 2 aromatic rings. The van der Waals surface area contributed by atoms with Gasteiger partial charge in [0, 0.05) is 24.5 Å². The van der Waals surface area contributed by atoms with Gasteiger partial charge >= 0.3 is 5.97 Å². The van der Waals surface area contributed by atoms with Crippen molar-refractivity contribution >= 4 is 11.8 Å². The van der Waals surface area contributed by atoms with Crippen LogP contribution < -0.4 is 10.1 Å². The van der Waals surface area contributed by atoms with Crippen molar-refractivity contribution in [2.24, 2.45) is 0 Å². The van der Waals surface area contributed by atoms with Gasteiger partial charge in [-0.2, -0.15) is 0 Å². The van der Waals surface area contributed by atoms with Crippen LogP contribution in [-0.4, -0.2) is 45.9 Å². The van der Waals surface area contributed by atoms with Crippen LogP contribution in [0.4, 0.5) is 5.82 Å². The van der Waals surface area contributed by atoms with E-state index in [1.165, 1.54) is 5.56 Å². The molecule has 0 aromatic carbocycles. The van der Waals surface area contributed by atoms with Gasteiger partial charge in [-0.05, 0) is 61.6 Å². The average molecular weight is 414 g/mol. The summed E-state index contributed by atoms with van der Waals surface area (Å²) < 4.78 is 5.07. The van der Waals surface area contributed by atoms with E-state index in [0.29, 0.717) is 25.1 Å². The summed E-state index contributed by atoms with van der Waals surface area (Å²) in [6, 6.07) is 7.80. The smallest absolute Gasteiger partial charge is 0.303 e. The van der Waals surface area contributed by atoms with Gasteiger partial charge in [-0.25, -0.2) is 9.97 Å². The van der Waals surface area contributed by atoms with Crippen molar-refractivity contribution in [3.8, 4) is 5.88 Å². The molecule has 7 heteroatoms. The minimum Gasteiger partial charge on any atom is -0.481 e. The van der Waals surface area contributed by atoms with Gasteiger partial charge in [0.15, 0.2) is 0 Å². The maximum absolute atomic E-state index is 11.3. The topological polar surface area (TPSA) is 105 Å². The Morgan fingerprint density at radius 3 is 2.83 bits per heavy atom. The maximum Gasteiger partial charge on any atom is 0.303 e. The summed E-state index contributed by atoms with van der Waals surface area (Å²) in [4.78, 5) is 20.1. The Bertz CT molecular complexity index is 826. The number of anilines is 1. The number of aryl methyl sites for hydroxylation is 2. The molecule has 0 fully saturated rings. The highest BCUT2D eigenvalue weighted by Crippen LogP contribution is 2.27. The molecule has 2 atom stereocenters. The first-order chi connectivity index (χ1) is 14.5. The molecule has 7 nitrogen and oxygen atoms in total. The normalized spacial score (nSPS) is 15.0. The SMILES string of the molecule is COc1ccc([C@@H](CCC[C@H](O)CCc2ccc3c(n2)NCCC3)CC(=O)O)cn1. The molecule has 2 aromatic heterocycles. The molecule has 0 spiro atoms. The fraction of sp³-hybridized carbons (Fsp3) is 0.522. The molecule has 30 heavy (non-hydrogen) atoms. The number of hydrogen-bond acceptors (Lipinski definition) is 6. The first-order valence-corrected chi connectivity index (χ1v) is 10.7. The molecular formula is C23H31N3O4. The molecule has 0 aliphatic carbocycles. The Morgan fingerprint density at radius 2 is 2.10 bits per heavy atom. The largest absolute Gasteiger partial charge is 0.481 e. The number of rotatable bonds is 11. The molecule has 3 N–H and O–H groups in total. The Kier molecular flexibility index (Phi) is 8.02. The number of aliphatic hydroxyl groups is 1. The quantitative estimate of drug-likeness (QED) is 0.517. The number of carboxylic acids is 1. The molecule has 0 radical (unpaired) electrons. The van der Waals surface area contributed by atoms with Crippen molar-refractivity contribution in [3.05, 3.63) is 47.3 Å². The second-order valence-corrected chi connectivity index (χ2v) is 7.89. The summed E-state index contributed by atoms with van der Waals surface area (Å²) >= 11 is 0. The van der Waals surface area contributed by atoms with E-state index in [0.717, 1.165) is 49.3 Å². The van der Waals surface area contributed by atoms with Gasteiger partial charge in [-0.1, -0.05) is 18.6 Å². The molecule has 162 valence electrons. The van der Waals surface area contributed by atoms with Crippen LogP contribution in [0.3, 0.4) is 0 Å². The molecule has 3 heterocycles. The van der Waals surface area contributed by atoms with Gasteiger partial charge in [-0.3, -0.25) is 4.79 Å². The number of nitrogens with zero attached hydrogens (tertiary/aromatic N) is 2. The van der Waals surface area contributed by atoms with E-state index in [-0.39, 0.29) is 12.3 Å². The molecule has 0 bridgehead atoms. The highest BCUT2D eigenvalue weighted by molar-refractivity contribution is 5.68. The van der Waals surface area contributed by atoms with Gasteiger partial charge in [0.1, 0.15) is 5.82 Å². The third-order valence-electron chi connectivity index (χ3n) is 5.64. The molecule has 0 saturated carbocycles. The Hall–Kier alpha value is -2.67. The number of carboxylic acid groups (broad SMARTS) is 1. The van der Waals surface area contributed by atoms with Crippen LogP contribution in [0.15, 0.2) is 30.5 Å². The van der Waals surface area contributed by atoms with Gasteiger partial charge in [0.05, 0.1) is 19.6 Å². The van der Waals surface area contributed by atoms with E-state index in [2.05, 4.69) is 27.4 Å². The minimum atomic E-state index is -0.830. The lowest BCUT2D eigenvalue weighted by molar-refractivity contribution is -0.137. The second kappa shape index (κ2) is 10.9. The first kappa shape index (κ1) is 22.0. The highest BCUT2D eigenvalue weighted by Gasteiger charge is 2.17. The summed E-state index contributed by atoms with van der Waals surface area (Å²) in [6.45, 7) is 0.966. The lowest BCUT2D eigenvalue weighted by Crippen LogP contribution is -2.15. The van der Waals surface area contributed by atoms with E-state index >= 15 is 0 Å². The standard InChI is InChI=1S/C23H31N3O4/c1-30-21-12-8-18(15-25-21)17(14-22(28)29)4-2-6-20(27)11-10-19-9-7-16-5-3-13-24-23(16)26-19/h7-9,12,15,17,20,27H,2-6,10-11,13-14H2,1H3,(H,24,26)(H,28,29)/t17-,20-/m0/s1. The van der Waals surface area contributed by atoms with E-state index in [1.807, 2.05) is 6.07 Å². The number of aliphatic carboxylic acids is 1. The summed E-state index contributed by atoms with van der Waals surface area (Å²) in [7, 11) is 1.55. The summed E-state index contributed by atoms with van der Waals surface area (Å²) in [5.41, 5.74) is 3.15. The van der Waals surface area contributed by atoms with Gasteiger partial charge < -0.3 is 20.3 Å². The van der Waals surface area contributed by atoms with Crippen molar-refractivity contribution in [3.63, 3.8) is 0 Å². The molecule has 0 saturated heterocycles. The Balaban J connectivity index is 1.46. The zero-order chi connectivity index (χ0) is 21.3. The van der Waals surface area contributed by atoms with Crippen LogP contribution in [0.25, 0.3) is 0 Å². The number of aliphatic hydroxyl groups excluding tert-OH is 1.